The number of amides is 2. The first kappa shape index (κ1) is 17.9. The van der Waals surface area contributed by atoms with Crippen molar-refractivity contribution in [2.45, 2.75) is 32.1 Å². The van der Waals surface area contributed by atoms with Gasteiger partial charge in [0, 0.05) is 34.5 Å². The van der Waals surface area contributed by atoms with Crippen LogP contribution >= 0.6 is 22.9 Å². The fraction of sp³-hybridized carbons (Fsp3) is 0.263. The number of benzene rings is 1. The van der Waals surface area contributed by atoms with E-state index in [2.05, 4.69) is 29.5 Å². The molecule has 0 radical (unpaired) electrons. The van der Waals surface area contributed by atoms with Crippen LogP contribution in [0.4, 0.5) is 10.5 Å². The van der Waals surface area contributed by atoms with E-state index in [0.717, 1.165) is 25.0 Å². The van der Waals surface area contributed by atoms with E-state index in [1.54, 1.807) is 41.8 Å². The molecule has 4 nitrogen and oxygen atoms in total. The van der Waals surface area contributed by atoms with E-state index in [0.29, 0.717) is 16.6 Å². The third kappa shape index (κ3) is 3.68. The highest BCUT2D eigenvalue weighted by Crippen LogP contribution is 2.34. The number of halogens is 1. The Labute approximate surface area is 156 Å². The topological polar surface area (TPSA) is 55.4 Å². The number of hydrogen-bond acceptors (Lipinski definition) is 3. The second-order valence-corrected chi connectivity index (χ2v) is 7.53. The molecule has 0 spiro atoms. The molecule has 2 unspecified atom stereocenters. The van der Waals surface area contributed by atoms with Crippen LogP contribution in [-0.4, -0.2) is 11.7 Å². The lowest BCUT2D eigenvalue weighted by atomic mass is 9.95. The number of rotatable bonds is 6. The molecule has 2 amide bonds. The molecule has 1 aromatic carbocycles. The second-order valence-electron chi connectivity index (χ2n) is 6.11. The molecule has 1 aliphatic rings. The molecule has 2 N–H and O–H groups in total. The number of carbonyl (C=O) groups excluding carboxylic acids is 1. The molecule has 2 atom stereocenters. The van der Waals surface area contributed by atoms with Gasteiger partial charge in [0.25, 0.3) is 0 Å². The maximum Gasteiger partial charge on any atom is 0.450 e. The number of hydrogen-bond donors (Lipinski definition) is 1. The first-order valence-corrected chi connectivity index (χ1v) is 9.57. The van der Waals surface area contributed by atoms with Crippen LogP contribution in [0.5, 0.6) is 0 Å². The summed E-state index contributed by atoms with van der Waals surface area (Å²) in [4.78, 5) is 13.6. The highest BCUT2D eigenvalue weighted by Gasteiger charge is 2.40. The molecular weight excluding hydrogens is 354 g/mol. The summed E-state index contributed by atoms with van der Waals surface area (Å²) in [5.41, 5.74) is 7.27. The predicted octanol–water partition coefficient (Wildman–Crippen LogP) is 5.64. The molecule has 25 heavy (non-hydrogen) atoms. The predicted molar refractivity (Wildman–Crippen MR) is 106 cm³/mol. The zero-order valence-corrected chi connectivity index (χ0v) is 15.6. The SMILES string of the molecule is CCCC(CC1=N[N+](C(N)=O)(c2ccc(Cl)cc2)C=C1)c1cccs1. The van der Waals surface area contributed by atoms with Gasteiger partial charge in [0.1, 0.15) is 11.9 Å². The number of nitrogens with zero attached hydrogens (tertiary/aromatic N) is 2. The van der Waals surface area contributed by atoms with Gasteiger partial charge in [0.2, 0.25) is 0 Å². The maximum atomic E-state index is 12.2. The number of thiophene rings is 1. The first-order chi connectivity index (χ1) is 12.0. The second kappa shape index (κ2) is 7.52. The molecule has 0 aliphatic carbocycles. The Morgan fingerprint density at radius 1 is 1.32 bits per heavy atom. The summed E-state index contributed by atoms with van der Waals surface area (Å²) >= 11 is 7.72. The van der Waals surface area contributed by atoms with Gasteiger partial charge in [-0.2, -0.15) is 0 Å². The van der Waals surface area contributed by atoms with Gasteiger partial charge < -0.3 is 5.73 Å². The van der Waals surface area contributed by atoms with Gasteiger partial charge in [-0.15, -0.1) is 11.3 Å². The molecule has 0 fully saturated rings. The molecule has 0 saturated heterocycles. The van der Waals surface area contributed by atoms with Gasteiger partial charge in [-0.3, -0.25) is 0 Å². The minimum absolute atomic E-state index is 0.338. The van der Waals surface area contributed by atoms with E-state index >= 15 is 0 Å². The van der Waals surface area contributed by atoms with Gasteiger partial charge >= 0.3 is 6.03 Å². The maximum absolute atomic E-state index is 12.2. The Kier molecular flexibility index (Phi) is 5.37. The monoisotopic (exact) mass is 374 g/mol. The van der Waals surface area contributed by atoms with Crippen molar-refractivity contribution in [1.29, 1.82) is 0 Å². The minimum atomic E-state index is -0.531. The summed E-state index contributed by atoms with van der Waals surface area (Å²) in [5.74, 6) is 0.409. The lowest BCUT2D eigenvalue weighted by Gasteiger charge is -2.20. The van der Waals surface area contributed by atoms with E-state index < -0.39 is 6.03 Å². The number of primary amides is 1. The molecule has 130 valence electrons. The largest absolute Gasteiger partial charge is 0.450 e. The van der Waals surface area contributed by atoms with Crippen LogP contribution in [0.3, 0.4) is 0 Å². The van der Waals surface area contributed by atoms with E-state index in [1.165, 1.54) is 4.88 Å². The van der Waals surface area contributed by atoms with Crippen molar-refractivity contribution in [1.82, 2.24) is 4.59 Å². The quantitative estimate of drug-likeness (QED) is 0.653. The fourth-order valence-corrected chi connectivity index (χ4v) is 4.09. The van der Waals surface area contributed by atoms with E-state index in [4.69, 9.17) is 17.3 Å². The normalized spacial score (nSPS) is 20.5. The van der Waals surface area contributed by atoms with Crippen LogP contribution in [0.25, 0.3) is 0 Å². The molecular formula is C19H21ClN3OS+. The number of allylic oxidation sites excluding steroid dienone is 1. The summed E-state index contributed by atoms with van der Waals surface area (Å²) in [5, 5.41) is 7.39. The lowest BCUT2D eigenvalue weighted by Crippen LogP contribution is -2.47. The average molecular weight is 375 g/mol. The summed E-state index contributed by atoms with van der Waals surface area (Å²) < 4.78 is -0.338. The minimum Gasteiger partial charge on any atom is -0.316 e. The van der Waals surface area contributed by atoms with Crippen LogP contribution < -0.4 is 10.3 Å². The van der Waals surface area contributed by atoms with Crippen molar-refractivity contribution >= 4 is 40.4 Å². The van der Waals surface area contributed by atoms with Crippen molar-refractivity contribution in [2.75, 3.05) is 0 Å². The molecule has 1 aromatic heterocycles. The summed E-state index contributed by atoms with van der Waals surface area (Å²) in [6.45, 7) is 2.18. The molecule has 6 heteroatoms. The first-order valence-electron chi connectivity index (χ1n) is 8.32. The molecule has 1 aliphatic heterocycles. The third-order valence-corrected chi connectivity index (χ3v) is 5.65. The highest BCUT2D eigenvalue weighted by molar-refractivity contribution is 7.10. The fourth-order valence-electron chi connectivity index (χ4n) is 3.10. The van der Waals surface area contributed by atoms with Gasteiger partial charge in [-0.25, -0.2) is 4.79 Å². The standard InChI is InChI=1S/C19H20ClN3OS/c1-2-4-14(18-5-3-12-25-18)13-16-10-11-23(22-16,19(21)24)17-8-6-15(20)7-9-17/h3,5-12,14H,2,4,13H2,1H3,(H-,21,24)/p+1. The molecule has 3 rings (SSSR count). The summed E-state index contributed by atoms with van der Waals surface area (Å²) in [6.07, 6.45) is 6.65. The van der Waals surface area contributed by atoms with Crippen LogP contribution in [0, 0.1) is 0 Å². The van der Waals surface area contributed by atoms with Crippen LogP contribution in [0.1, 0.15) is 37.0 Å². The smallest absolute Gasteiger partial charge is 0.316 e. The van der Waals surface area contributed by atoms with Crippen molar-refractivity contribution in [3.8, 4) is 0 Å². The Morgan fingerprint density at radius 2 is 2.08 bits per heavy atom. The summed E-state index contributed by atoms with van der Waals surface area (Å²) in [7, 11) is 0. The van der Waals surface area contributed by atoms with Crippen molar-refractivity contribution < 1.29 is 4.79 Å². The van der Waals surface area contributed by atoms with Crippen molar-refractivity contribution in [3.05, 3.63) is 64.0 Å². The summed E-state index contributed by atoms with van der Waals surface area (Å²) in [6, 6.07) is 10.8. The molecule has 2 aromatic rings. The van der Waals surface area contributed by atoms with Crippen molar-refractivity contribution in [3.63, 3.8) is 0 Å². The van der Waals surface area contributed by atoms with E-state index in [-0.39, 0.29) is 4.59 Å². The lowest BCUT2D eigenvalue weighted by molar-refractivity contribution is 0.227. The van der Waals surface area contributed by atoms with Gasteiger partial charge in [-0.05, 0) is 35.9 Å². The number of quaternary nitrogens is 1. The van der Waals surface area contributed by atoms with Crippen LogP contribution in [0.2, 0.25) is 5.02 Å². The zero-order valence-electron chi connectivity index (χ0n) is 14.1. The molecule has 0 saturated carbocycles. The highest BCUT2D eigenvalue weighted by atomic mass is 35.5. The molecule has 0 bridgehead atoms. The Morgan fingerprint density at radius 3 is 2.68 bits per heavy atom. The van der Waals surface area contributed by atoms with E-state index in [9.17, 15) is 4.79 Å². The molecule has 2 heterocycles. The van der Waals surface area contributed by atoms with Crippen LogP contribution in [0.15, 0.2) is 59.2 Å². The number of urea groups is 1. The Hall–Kier alpha value is -1.95. The third-order valence-electron chi connectivity index (χ3n) is 4.36. The van der Waals surface area contributed by atoms with E-state index in [1.807, 2.05) is 6.08 Å². The van der Waals surface area contributed by atoms with Crippen molar-refractivity contribution in [2.24, 2.45) is 10.8 Å². The zero-order chi connectivity index (χ0) is 17.9. The number of carbonyl (C=O) groups is 1. The number of nitrogens with two attached hydrogens (primary N) is 1. The Balaban J connectivity index is 1.89. The van der Waals surface area contributed by atoms with Crippen LogP contribution in [-0.2, 0) is 0 Å². The van der Waals surface area contributed by atoms with Gasteiger partial charge in [-0.1, -0.05) is 40.7 Å². The van der Waals surface area contributed by atoms with Gasteiger partial charge in [0.15, 0.2) is 5.69 Å². The van der Waals surface area contributed by atoms with Gasteiger partial charge in [0.05, 0.1) is 0 Å². The Bertz CT molecular complexity index is 799. The average Bonchev–Trinajstić information content (AvgIpc) is 3.25.